The van der Waals surface area contributed by atoms with Crippen molar-refractivity contribution in [2.45, 2.75) is 0 Å². The predicted octanol–water partition coefficient (Wildman–Crippen LogP) is 4.33. The average Bonchev–Trinajstić information content (AvgIpc) is 2.48. The van der Waals surface area contributed by atoms with E-state index in [0.717, 1.165) is 11.3 Å². The van der Waals surface area contributed by atoms with E-state index in [0.29, 0.717) is 10.1 Å². The van der Waals surface area contributed by atoms with Gasteiger partial charge in [0, 0.05) is 16.9 Å². The number of halogens is 1. The number of hydrazone groups is 1. The largest absolute Gasteiger partial charge is 0.331 e. The van der Waals surface area contributed by atoms with Crippen LogP contribution in [-0.2, 0) is 0 Å². The molecule has 21 heavy (non-hydrogen) atoms. The van der Waals surface area contributed by atoms with E-state index in [2.05, 4.69) is 15.8 Å². The van der Waals surface area contributed by atoms with Crippen molar-refractivity contribution >= 4 is 46.9 Å². The van der Waals surface area contributed by atoms with Crippen LogP contribution in [-0.4, -0.2) is 11.3 Å². The lowest BCUT2D eigenvalue weighted by molar-refractivity contribution is 1.05. The minimum absolute atomic E-state index is 0.404. The second-order valence-electron chi connectivity index (χ2n) is 4.12. The van der Waals surface area contributed by atoms with Gasteiger partial charge in [0.1, 0.15) is 0 Å². The number of hydrogen-bond acceptors (Lipinski definition) is 2. The summed E-state index contributed by atoms with van der Waals surface area (Å²) in [6.45, 7) is 0. The highest BCUT2D eigenvalue weighted by molar-refractivity contribution is 7.80. The Morgan fingerprint density at radius 3 is 2.67 bits per heavy atom. The van der Waals surface area contributed by atoms with Crippen molar-refractivity contribution in [3.05, 3.63) is 71.3 Å². The highest BCUT2D eigenvalue weighted by Gasteiger charge is 1.96. The monoisotopic (exact) mass is 315 g/mol. The quantitative estimate of drug-likeness (QED) is 0.501. The zero-order valence-electron chi connectivity index (χ0n) is 11.2. The Bertz CT molecular complexity index is 654. The number of thiocarbonyl (C=S) groups is 1. The van der Waals surface area contributed by atoms with Gasteiger partial charge in [0.25, 0.3) is 0 Å². The molecule has 0 spiro atoms. The molecule has 2 aromatic rings. The minimum atomic E-state index is 0.404. The lowest BCUT2D eigenvalue weighted by Gasteiger charge is -2.06. The Labute approximate surface area is 134 Å². The second-order valence-corrected chi connectivity index (χ2v) is 4.97. The summed E-state index contributed by atoms with van der Waals surface area (Å²) < 4.78 is 0. The SMILES string of the molecule is S=C(NN=CC=Cc1ccccc1)Nc1cccc(Cl)c1. The fourth-order valence-electron chi connectivity index (χ4n) is 1.58. The molecule has 0 bridgehead atoms. The molecular formula is C16H14ClN3S. The average molecular weight is 316 g/mol. The van der Waals surface area contributed by atoms with Crippen LogP contribution >= 0.6 is 23.8 Å². The maximum atomic E-state index is 5.89. The maximum Gasteiger partial charge on any atom is 0.191 e. The molecule has 2 aromatic carbocycles. The third-order valence-electron chi connectivity index (χ3n) is 2.50. The Kier molecular flexibility index (Phi) is 5.94. The lowest BCUT2D eigenvalue weighted by Crippen LogP contribution is -2.23. The number of benzene rings is 2. The lowest BCUT2D eigenvalue weighted by atomic mass is 10.2. The van der Waals surface area contributed by atoms with E-state index in [1.165, 1.54) is 0 Å². The van der Waals surface area contributed by atoms with Crippen LogP contribution in [0, 0.1) is 0 Å². The van der Waals surface area contributed by atoms with Gasteiger partial charge in [-0.3, -0.25) is 5.43 Å². The number of anilines is 1. The molecule has 0 aliphatic rings. The Morgan fingerprint density at radius 2 is 1.90 bits per heavy atom. The van der Waals surface area contributed by atoms with Crippen molar-refractivity contribution in [3.8, 4) is 0 Å². The summed E-state index contributed by atoms with van der Waals surface area (Å²) in [5, 5.41) is 8.05. The van der Waals surface area contributed by atoms with Crippen LogP contribution in [0.3, 0.4) is 0 Å². The summed E-state index contributed by atoms with van der Waals surface area (Å²) in [7, 11) is 0. The number of nitrogens with zero attached hydrogens (tertiary/aromatic N) is 1. The smallest absolute Gasteiger partial charge is 0.191 e. The van der Waals surface area contributed by atoms with Crippen LogP contribution in [0.15, 0.2) is 65.8 Å². The summed E-state index contributed by atoms with van der Waals surface area (Å²) in [5.41, 5.74) is 4.66. The van der Waals surface area contributed by atoms with E-state index in [1.807, 2.05) is 54.6 Å². The molecule has 0 aromatic heterocycles. The molecule has 0 radical (unpaired) electrons. The second kappa shape index (κ2) is 8.19. The molecule has 0 atom stereocenters. The number of rotatable bonds is 4. The van der Waals surface area contributed by atoms with E-state index >= 15 is 0 Å². The van der Waals surface area contributed by atoms with Gasteiger partial charge >= 0.3 is 0 Å². The van der Waals surface area contributed by atoms with Gasteiger partial charge in [-0.25, -0.2) is 0 Å². The van der Waals surface area contributed by atoms with Gasteiger partial charge in [0.05, 0.1) is 0 Å². The van der Waals surface area contributed by atoms with Crippen LogP contribution in [0.5, 0.6) is 0 Å². The first-order valence-electron chi connectivity index (χ1n) is 6.31. The molecule has 2 rings (SSSR count). The molecule has 2 N–H and O–H groups in total. The first kappa shape index (κ1) is 15.2. The maximum absolute atomic E-state index is 5.89. The van der Waals surface area contributed by atoms with Crippen LogP contribution in [0.2, 0.25) is 5.02 Å². The summed E-state index contributed by atoms with van der Waals surface area (Å²) in [6.07, 6.45) is 5.43. The van der Waals surface area contributed by atoms with Gasteiger partial charge in [0.15, 0.2) is 5.11 Å². The van der Waals surface area contributed by atoms with Gasteiger partial charge < -0.3 is 5.32 Å². The van der Waals surface area contributed by atoms with E-state index in [1.54, 1.807) is 18.3 Å². The molecule has 0 aliphatic heterocycles. The normalized spacial score (nSPS) is 10.9. The Balaban J connectivity index is 1.79. The molecule has 0 fully saturated rings. The van der Waals surface area contributed by atoms with E-state index in [4.69, 9.17) is 23.8 Å². The third-order valence-corrected chi connectivity index (χ3v) is 2.93. The highest BCUT2D eigenvalue weighted by atomic mass is 35.5. The van der Waals surface area contributed by atoms with Crippen molar-refractivity contribution in [3.63, 3.8) is 0 Å². The van der Waals surface area contributed by atoms with Gasteiger partial charge in [-0.15, -0.1) is 0 Å². The van der Waals surface area contributed by atoms with Crippen LogP contribution < -0.4 is 10.7 Å². The minimum Gasteiger partial charge on any atom is -0.331 e. The van der Waals surface area contributed by atoms with Crippen molar-refractivity contribution in [1.82, 2.24) is 5.43 Å². The molecular weight excluding hydrogens is 302 g/mol. The first-order chi connectivity index (χ1) is 10.2. The standard InChI is InChI=1S/C16H14ClN3S/c17-14-9-4-10-15(12-14)19-16(21)20-18-11-5-8-13-6-2-1-3-7-13/h1-12H,(H2,19,20,21). The van der Waals surface area contributed by atoms with Crippen LogP contribution in [0.1, 0.15) is 5.56 Å². The van der Waals surface area contributed by atoms with Gasteiger partial charge in [-0.1, -0.05) is 54.1 Å². The van der Waals surface area contributed by atoms with Crippen molar-refractivity contribution in [1.29, 1.82) is 0 Å². The Hall–Kier alpha value is -2.17. The molecule has 0 heterocycles. The van der Waals surface area contributed by atoms with Crippen LogP contribution in [0.25, 0.3) is 6.08 Å². The van der Waals surface area contributed by atoms with Gasteiger partial charge in [-0.2, -0.15) is 5.10 Å². The van der Waals surface area contributed by atoms with Crippen molar-refractivity contribution in [2.24, 2.45) is 5.10 Å². The first-order valence-corrected chi connectivity index (χ1v) is 7.10. The van der Waals surface area contributed by atoms with E-state index < -0.39 is 0 Å². The molecule has 0 aliphatic carbocycles. The zero-order chi connectivity index (χ0) is 14.9. The predicted molar refractivity (Wildman–Crippen MR) is 94.8 cm³/mol. The highest BCUT2D eigenvalue weighted by Crippen LogP contribution is 2.14. The van der Waals surface area contributed by atoms with Crippen molar-refractivity contribution in [2.75, 3.05) is 5.32 Å². The zero-order valence-corrected chi connectivity index (χ0v) is 12.7. The van der Waals surface area contributed by atoms with Gasteiger partial charge in [-0.05, 0) is 42.1 Å². The molecule has 0 saturated heterocycles. The topological polar surface area (TPSA) is 36.4 Å². The summed E-state index contributed by atoms with van der Waals surface area (Å²) in [5.74, 6) is 0. The molecule has 5 heteroatoms. The van der Waals surface area contributed by atoms with E-state index in [-0.39, 0.29) is 0 Å². The Morgan fingerprint density at radius 1 is 1.10 bits per heavy atom. The fraction of sp³-hybridized carbons (Fsp3) is 0. The molecule has 0 unspecified atom stereocenters. The number of allylic oxidation sites excluding steroid dienone is 1. The van der Waals surface area contributed by atoms with E-state index in [9.17, 15) is 0 Å². The summed E-state index contributed by atoms with van der Waals surface area (Å²) in [4.78, 5) is 0. The third kappa shape index (κ3) is 5.77. The fourth-order valence-corrected chi connectivity index (χ4v) is 1.94. The van der Waals surface area contributed by atoms with Crippen molar-refractivity contribution < 1.29 is 0 Å². The number of hydrogen-bond donors (Lipinski definition) is 2. The molecule has 0 saturated carbocycles. The van der Waals surface area contributed by atoms with Gasteiger partial charge in [0.2, 0.25) is 0 Å². The van der Waals surface area contributed by atoms with Crippen LogP contribution in [0.4, 0.5) is 5.69 Å². The molecule has 0 amide bonds. The number of nitrogens with one attached hydrogen (secondary N) is 2. The molecule has 3 nitrogen and oxygen atoms in total. The summed E-state index contributed by atoms with van der Waals surface area (Å²) >= 11 is 11.0. The summed E-state index contributed by atoms with van der Waals surface area (Å²) in [6, 6.07) is 17.3. The molecule has 106 valence electrons.